The molecule has 1 aliphatic carbocycles. The predicted octanol–water partition coefficient (Wildman–Crippen LogP) is 3.49. The first-order valence-electron chi connectivity index (χ1n) is 9.01. The minimum Gasteiger partial charge on any atom is -0.339 e. The molecule has 134 valence electrons. The van der Waals surface area contributed by atoms with E-state index in [4.69, 9.17) is 11.6 Å². The SMILES string of the molecule is O=C(c1ccc(F)c(Cl)c1)N1CCC2(CCC(=O)N(C3CC3)C2)CC1. The maximum atomic E-state index is 13.3. The fourth-order valence-electron chi connectivity index (χ4n) is 4.17. The molecule has 0 unspecified atom stereocenters. The molecule has 2 heterocycles. The van der Waals surface area contributed by atoms with Gasteiger partial charge in [-0.15, -0.1) is 0 Å². The maximum Gasteiger partial charge on any atom is 0.253 e. The minimum absolute atomic E-state index is 0.0230. The first-order valence-corrected chi connectivity index (χ1v) is 9.39. The van der Waals surface area contributed by atoms with Crippen LogP contribution in [-0.2, 0) is 4.79 Å². The fourth-order valence-corrected chi connectivity index (χ4v) is 4.35. The molecule has 6 heteroatoms. The van der Waals surface area contributed by atoms with Crippen molar-refractivity contribution in [3.63, 3.8) is 0 Å². The van der Waals surface area contributed by atoms with Crippen LogP contribution in [0.15, 0.2) is 18.2 Å². The summed E-state index contributed by atoms with van der Waals surface area (Å²) in [6.45, 7) is 2.21. The molecular formula is C19H22ClFN2O2. The second kappa shape index (κ2) is 6.27. The zero-order valence-corrected chi connectivity index (χ0v) is 14.9. The number of halogens is 2. The quantitative estimate of drug-likeness (QED) is 0.806. The molecule has 25 heavy (non-hydrogen) atoms. The molecule has 3 fully saturated rings. The standard InChI is InChI=1S/C19H22ClFN2O2/c20-15-11-13(1-4-16(15)21)18(25)22-9-7-19(8-10-22)6-5-17(24)23(12-19)14-2-3-14/h1,4,11,14H,2-3,5-10,12H2. The van der Waals surface area contributed by atoms with Gasteiger partial charge in [-0.3, -0.25) is 9.59 Å². The van der Waals surface area contributed by atoms with Gasteiger partial charge >= 0.3 is 0 Å². The smallest absolute Gasteiger partial charge is 0.253 e. The van der Waals surface area contributed by atoms with E-state index in [1.54, 1.807) is 0 Å². The molecule has 1 saturated carbocycles. The number of carbonyl (C=O) groups is 2. The number of hydrogen-bond donors (Lipinski definition) is 0. The summed E-state index contributed by atoms with van der Waals surface area (Å²) in [5, 5.41) is -0.0230. The first-order chi connectivity index (χ1) is 12.0. The highest BCUT2D eigenvalue weighted by atomic mass is 35.5. The molecule has 2 amide bonds. The molecule has 1 aromatic carbocycles. The molecule has 2 saturated heterocycles. The summed E-state index contributed by atoms with van der Waals surface area (Å²) < 4.78 is 13.3. The lowest BCUT2D eigenvalue weighted by Gasteiger charge is -2.47. The molecular weight excluding hydrogens is 343 g/mol. The largest absolute Gasteiger partial charge is 0.339 e. The second-order valence-electron chi connectivity index (χ2n) is 7.67. The van der Waals surface area contributed by atoms with E-state index < -0.39 is 5.82 Å². The molecule has 1 aromatic rings. The summed E-state index contributed by atoms with van der Waals surface area (Å²) in [5.41, 5.74) is 0.592. The highest BCUT2D eigenvalue weighted by Gasteiger charge is 2.45. The van der Waals surface area contributed by atoms with Crippen molar-refractivity contribution in [2.45, 2.75) is 44.6 Å². The van der Waals surface area contributed by atoms with Gasteiger partial charge in [-0.25, -0.2) is 4.39 Å². The number of rotatable bonds is 2. The molecule has 4 nitrogen and oxygen atoms in total. The van der Waals surface area contributed by atoms with E-state index in [0.29, 0.717) is 37.0 Å². The Balaban J connectivity index is 1.41. The monoisotopic (exact) mass is 364 g/mol. The van der Waals surface area contributed by atoms with E-state index in [1.165, 1.54) is 18.2 Å². The van der Waals surface area contributed by atoms with Gasteiger partial charge in [-0.2, -0.15) is 0 Å². The molecule has 3 aliphatic rings. The molecule has 2 aliphatic heterocycles. The van der Waals surface area contributed by atoms with Crippen molar-refractivity contribution in [2.24, 2.45) is 5.41 Å². The van der Waals surface area contributed by atoms with Gasteiger partial charge in [-0.1, -0.05) is 11.6 Å². The van der Waals surface area contributed by atoms with Gasteiger partial charge in [-0.05, 0) is 55.7 Å². The lowest BCUT2D eigenvalue weighted by molar-refractivity contribution is -0.139. The van der Waals surface area contributed by atoms with Crippen LogP contribution < -0.4 is 0 Å². The van der Waals surface area contributed by atoms with Gasteiger partial charge in [0.25, 0.3) is 5.91 Å². The Bertz CT molecular complexity index is 711. The topological polar surface area (TPSA) is 40.6 Å². The van der Waals surface area contributed by atoms with Crippen LogP contribution in [0.1, 0.15) is 48.9 Å². The van der Waals surface area contributed by atoms with Crippen molar-refractivity contribution in [2.75, 3.05) is 19.6 Å². The summed E-state index contributed by atoms with van der Waals surface area (Å²) in [4.78, 5) is 28.7. The molecule has 0 radical (unpaired) electrons. The van der Waals surface area contributed by atoms with Crippen molar-refractivity contribution >= 4 is 23.4 Å². The average Bonchev–Trinajstić information content (AvgIpc) is 3.45. The Kier molecular flexibility index (Phi) is 4.22. The molecule has 4 rings (SSSR count). The van der Waals surface area contributed by atoms with Crippen molar-refractivity contribution in [3.8, 4) is 0 Å². The predicted molar refractivity (Wildman–Crippen MR) is 92.9 cm³/mol. The van der Waals surface area contributed by atoms with E-state index in [2.05, 4.69) is 4.90 Å². The summed E-state index contributed by atoms with van der Waals surface area (Å²) in [7, 11) is 0. The van der Waals surface area contributed by atoms with Crippen molar-refractivity contribution < 1.29 is 14.0 Å². The highest BCUT2D eigenvalue weighted by molar-refractivity contribution is 6.31. The van der Waals surface area contributed by atoms with Gasteiger partial charge < -0.3 is 9.80 Å². The van der Waals surface area contributed by atoms with Crippen molar-refractivity contribution in [3.05, 3.63) is 34.6 Å². The van der Waals surface area contributed by atoms with E-state index in [9.17, 15) is 14.0 Å². The molecule has 0 atom stereocenters. The third-order valence-corrected chi connectivity index (χ3v) is 6.25. The number of nitrogens with zero attached hydrogens (tertiary/aromatic N) is 2. The number of piperidine rings is 2. The molecule has 1 spiro atoms. The van der Waals surface area contributed by atoms with Crippen LogP contribution in [-0.4, -0.2) is 47.3 Å². The number of hydrogen-bond acceptors (Lipinski definition) is 2. The lowest BCUT2D eigenvalue weighted by Crippen LogP contribution is -2.52. The second-order valence-corrected chi connectivity index (χ2v) is 8.08. The summed E-state index contributed by atoms with van der Waals surface area (Å²) >= 11 is 5.80. The third kappa shape index (κ3) is 3.26. The van der Waals surface area contributed by atoms with Crippen LogP contribution in [0.5, 0.6) is 0 Å². The van der Waals surface area contributed by atoms with E-state index >= 15 is 0 Å². The van der Waals surface area contributed by atoms with Crippen LogP contribution in [0.25, 0.3) is 0 Å². The van der Waals surface area contributed by atoms with Gasteiger partial charge in [0.1, 0.15) is 5.82 Å². The van der Waals surface area contributed by atoms with Gasteiger partial charge in [0, 0.05) is 37.7 Å². The van der Waals surface area contributed by atoms with Crippen LogP contribution in [0.3, 0.4) is 0 Å². The van der Waals surface area contributed by atoms with Gasteiger partial charge in [0.05, 0.1) is 5.02 Å². The fraction of sp³-hybridized carbons (Fsp3) is 0.579. The first kappa shape index (κ1) is 16.8. The molecule has 0 N–H and O–H groups in total. The number of amides is 2. The Morgan fingerprint density at radius 2 is 1.92 bits per heavy atom. The summed E-state index contributed by atoms with van der Waals surface area (Å²) in [6.07, 6.45) is 5.68. The van der Waals surface area contributed by atoms with E-state index in [-0.39, 0.29) is 16.3 Å². The van der Waals surface area contributed by atoms with Gasteiger partial charge in [0.15, 0.2) is 0 Å². The summed E-state index contributed by atoms with van der Waals surface area (Å²) in [6, 6.07) is 4.59. The average molecular weight is 365 g/mol. The Hall–Kier alpha value is -1.62. The third-order valence-electron chi connectivity index (χ3n) is 5.96. The Morgan fingerprint density at radius 1 is 1.20 bits per heavy atom. The van der Waals surface area contributed by atoms with Crippen LogP contribution in [0.2, 0.25) is 5.02 Å². The lowest BCUT2D eigenvalue weighted by atomic mass is 9.72. The molecule has 0 aromatic heterocycles. The highest BCUT2D eigenvalue weighted by Crippen LogP contribution is 2.43. The maximum absolute atomic E-state index is 13.3. The molecule has 0 bridgehead atoms. The van der Waals surface area contributed by atoms with Crippen molar-refractivity contribution in [1.29, 1.82) is 0 Å². The van der Waals surface area contributed by atoms with Crippen LogP contribution in [0, 0.1) is 11.2 Å². The van der Waals surface area contributed by atoms with Gasteiger partial charge in [0.2, 0.25) is 5.91 Å². The van der Waals surface area contributed by atoms with E-state index in [0.717, 1.165) is 38.6 Å². The zero-order chi connectivity index (χ0) is 17.6. The van der Waals surface area contributed by atoms with Crippen LogP contribution in [0.4, 0.5) is 4.39 Å². The van der Waals surface area contributed by atoms with Crippen molar-refractivity contribution in [1.82, 2.24) is 9.80 Å². The zero-order valence-electron chi connectivity index (χ0n) is 14.1. The Morgan fingerprint density at radius 3 is 2.56 bits per heavy atom. The number of benzene rings is 1. The number of carbonyl (C=O) groups excluding carboxylic acids is 2. The minimum atomic E-state index is -0.511. The number of likely N-dealkylation sites (tertiary alicyclic amines) is 2. The normalized spacial score (nSPS) is 23.2. The Labute approximate surface area is 151 Å². The van der Waals surface area contributed by atoms with Crippen LogP contribution >= 0.6 is 11.6 Å². The van der Waals surface area contributed by atoms with E-state index in [1.807, 2.05) is 4.90 Å². The summed E-state index contributed by atoms with van der Waals surface area (Å²) in [5.74, 6) is -0.307.